The first-order valence-corrected chi connectivity index (χ1v) is 6.50. The molecule has 0 bridgehead atoms. The number of aromatic nitrogens is 1. The van der Waals surface area contributed by atoms with Crippen molar-refractivity contribution in [1.82, 2.24) is 10.3 Å². The molecule has 0 aliphatic carbocycles. The first-order valence-electron chi connectivity index (χ1n) is 5.70. The summed E-state index contributed by atoms with van der Waals surface area (Å²) in [6.45, 7) is 1.18. The van der Waals surface area contributed by atoms with Gasteiger partial charge in [0.1, 0.15) is 4.60 Å². The first kappa shape index (κ1) is 13.6. The highest BCUT2D eigenvalue weighted by Crippen LogP contribution is 2.13. The third kappa shape index (κ3) is 4.11. The fourth-order valence-corrected chi connectivity index (χ4v) is 2.04. The minimum atomic E-state index is -0.390. The molecule has 0 unspecified atom stereocenters. The number of hydrogen-bond acceptors (Lipinski definition) is 4. The van der Waals surface area contributed by atoms with Gasteiger partial charge >= 0.3 is 0 Å². The average Bonchev–Trinajstić information content (AvgIpc) is 2.39. The van der Waals surface area contributed by atoms with Crippen molar-refractivity contribution in [3.8, 4) is 0 Å². The predicted molar refractivity (Wildman–Crippen MR) is 75.6 cm³/mol. The number of benzene rings is 1. The molecule has 0 amide bonds. The quantitative estimate of drug-likeness (QED) is 0.522. The van der Waals surface area contributed by atoms with Crippen molar-refractivity contribution in [1.29, 1.82) is 0 Å². The summed E-state index contributed by atoms with van der Waals surface area (Å²) in [5, 5.41) is 13.9. The van der Waals surface area contributed by atoms with Crippen LogP contribution in [0.1, 0.15) is 11.3 Å². The Balaban J connectivity index is 1.92. The lowest BCUT2D eigenvalue weighted by Gasteiger charge is -2.05. The summed E-state index contributed by atoms with van der Waals surface area (Å²) in [5.74, 6) is 0. The third-order valence-corrected chi connectivity index (χ3v) is 2.97. The van der Waals surface area contributed by atoms with Crippen molar-refractivity contribution in [2.45, 2.75) is 13.1 Å². The maximum atomic E-state index is 10.7. The van der Waals surface area contributed by atoms with Crippen molar-refractivity contribution in [3.05, 3.63) is 68.4 Å². The van der Waals surface area contributed by atoms with E-state index in [1.54, 1.807) is 12.1 Å². The number of rotatable bonds is 5. The maximum Gasteiger partial charge on any atom is 0.269 e. The second kappa shape index (κ2) is 6.40. The van der Waals surface area contributed by atoms with E-state index in [0.29, 0.717) is 13.1 Å². The molecule has 98 valence electrons. The van der Waals surface area contributed by atoms with E-state index in [1.807, 2.05) is 24.3 Å². The average molecular weight is 322 g/mol. The van der Waals surface area contributed by atoms with Crippen molar-refractivity contribution >= 4 is 21.6 Å². The molecule has 0 radical (unpaired) electrons. The van der Waals surface area contributed by atoms with Gasteiger partial charge < -0.3 is 5.32 Å². The van der Waals surface area contributed by atoms with E-state index in [4.69, 9.17) is 0 Å². The maximum absolute atomic E-state index is 10.7. The van der Waals surface area contributed by atoms with E-state index in [-0.39, 0.29) is 10.6 Å². The van der Waals surface area contributed by atoms with Crippen molar-refractivity contribution < 1.29 is 4.92 Å². The summed E-state index contributed by atoms with van der Waals surface area (Å²) in [4.78, 5) is 14.6. The molecule has 2 rings (SSSR count). The predicted octanol–water partition coefficient (Wildman–Crippen LogP) is 3.04. The molecule has 0 aliphatic heterocycles. The largest absolute Gasteiger partial charge is 0.307 e. The standard InChI is InChI=1S/C13H12BrN3O2/c14-13-6-2-4-11(16-13)9-15-8-10-3-1-5-12(7-10)17(18)19/h1-7,15H,8-9H2. The zero-order valence-corrected chi connectivity index (χ0v) is 11.6. The van der Waals surface area contributed by atoms with Gasteiger partial charge in [0, 0.05) is 25.2 Å². The fraction of sp³-hybridized carbons (Fsp3) is 0.154. The van der Waals surface area contributed by atoms with Gasteiger partial charge in [-0.1, -0.05) is 18.2 Å². The summed E-state index contributed by atoms with van der Waals surface area (Å²) >= 11 is 3.31. The third-order valence-electron chi connectivity index (χ3n) is 2.53. The van der Waals surface area contributed by atoms with Gasteiger partial charge in [0.25, 0.3) is 5.69 Å². The Kier molecular flexibility index (Phi) is 4.59. The fourth-order valence-electron chi connectivity index (χ4n) is 1.66. The van der Waals surface area contributed by atoms with Crippen LogP contribution < -0.4 is 5.32 Å². The van der Waals surface area contributed by atoms with E-state index in [1.165, 1.54) is 6.07 Å². The Morgan fingerprint density at radius 3 is 2.74 bits per heavy atom. The number of nitro benzene ring substituents is 1. The van der Waals surface area contributed by atoms with Crippen LogP contribution >= 0.6 is 15.9 Å². The number of nitro groups is 1. The smallest absolute Gasteiger partial charge is 0.269 e. The summed E-state index contributed by atoms with van der Waals surface area (Å²) < 4.78 is 0.794. The molecular formula is C13H12BrN3O2. The van der Waals surface area contributed by atoms with Crippen LogP contribution in [0.25, 0.3) is 0 Å². The van der Waals surface area contributed by atoms with Crippen LogP contribution in [-0.4, -0.2) is 9.91 Å². The van der Waals surface area contributed by atoms with Gasteiger partial charge in [0.15, 0.2) is 0 Å². The zero-order chi connectivity index (χ0) is 13.7. The molecule has 1 N–H and O–H groups in total. The molecule has 1 aromatic carbocycles. The molecular weight excluding hydrogens is 310 g/mol. The van der Waals surface area contributed by atoms with Crippen LogP contribution in [0.3, 0.4) is 0 Å². The van der Waals surface area contributed by atoms with Crippen molar-refractivity contribution in [3.63, 3.8) is 0 Å². The second-order valence-corrected chi connectivity index (χ2v) is 4.79. The lowest BCUT2D eigenvalue weighted by molar-refractivity contribution is -0.384. The SMILES string of the molecule is O=[N+]([O-])c1cccc(CNCc2cccc(Br)n2)c1. The number of hydrogen-bond donors (Lipinski definition) is 1. The van der Waals surface area contributed by atoms with E-state index >= 15 is 0 Å². The Morgan fingerprint density at radius 1 is 1.21 bits per heavy atom. The highest BCUT2D eigenvalue weighted by Gasteiger charge is 2.05. The van der Waals surface area contributed by atoms with E-state index < -0.39 is 0 Å². The summed E-state index contributed by atoms with van der Waals surface area (Å²) in [6.07, 6.45) is 0. The first-order chi connectivity index (χ1) is 9.15. The molecule has 0 fully saturated rings. The molecule has 6 heteroatoms. The summed E-state index contributed by atoms with van der Waals surface area (Å²) in [7, 11) is 0. The highest BCUT2D eigenvalue weighted by atomic mass is 79.9. The Morgan fingerprint density at radius 2 is 2.00 bits per heavy atom. The normalized spacial score (nSPS) is 10.4. The molecule has 1 aromatic heterocycles. The van der Waals surface area contributed by atoms with Gasteiger partial charge in [-0.05, 0) is 33.6 Å². The minimum Gasteiger partial charge on any atom is -0.307 e. The zero-order valence-electron chi connectivity index (χ0n) is 10.0. The Labute approximate surface area is 119 Å². The number of nitrogens with one attached hydrogen (secondary N) is 1. The number of non-ortho nitro benzene ring substituents is 1. The lowest BCUT2D eigenvalue weighted by atomic mass is 10.2. The summed E-state index contributed by atoms with van der Waals surface area (Å²) in [5.41, 5.74) is 1.91. The molecule has 0 spiro atoms. The van der Waals surface area contributed by atoms with Crippen molar-refractivity contribution in [2.24, 2.45) is 0 Å². The van der Waals surface area contributed by atoms with Gasteiger partial charge in [-0.2, -0.15) is 0 Å². The lowest BCUT2D eigenvalue weighted by Crippen LogP contribution is -2.13. The van der Waals surface area contributed by atoms with Gasteiger partial charge in [0.05, 0.1) is 10.6 Å². The van der Waals surface area contributed by atoms with Crippen LogP contribution in [-0.2, 0) is 13.1 Å². The molecule has 1 heterocycles. The molecule has 0 saturated heterocycles. The van der Waals surface area contributed by atoms with Gasteiger partial charge in [-0.15, -0.1) is 0 Å². The van der Waals surface area contributed by atoms with Crippen LogP contribution in [0.5, 0.6) is 0 Å². The summed E-state index contributed by atoms with van der Waals surface area (Å²) in [6, 6.07) is 12.3. The van der Waals surface area contributed by atoms with Crippen LogP contribution in [0.4, 0.5) is 5.69 Å². The van der Waals surface area contributed by atoms with E-state index in [2.05, 4.69) is 26.2 Å². The minimum absolute atomic E-state index is 0.111. The number of halogens is 1. The van der Waals surface area contributed by atoms with E-state index in [9.17, 15) is 10.1 Å². The van der Waals surface area contributed by atoms with E-state index in [0.717, 1.165) is 15.9 Å². The molecule has 0 aliphatic rings. The Hall–Kier alpha value is -1.79. The number of nitrogens with zero attached hydrogens (tertiary/aromatic N) is 2. The highest BCUT2D eigenvalue weighted by molar-refractivity contribution is 9.10. The van der Waals surface area contributed by atoms with Gasteiger partial charge in [-0.3, -0.25) is 10.1 Å². The van der Waals surface area contributed by atoms with Crippen LogP contribution in [0.15, 0.2) is 47.1 Å². The molecule has 2 aromatic rings. The van der Waals surface area contributed by atoms with Gasteiger partial charge in [-0.25, -0.2) is 4.98 Å². The second-order valence-electron chi connectivity index (χ2n) is 3.98. The van der Waals surface area contributed by atoms with Crippen LogP contribution in [0.2, 0.25) is 0 Å². The van der Waals surface area contributed by atoms with Crippen molar-refractivity contribution in [2.75, 3.05) is 0 Å². The van der Waals surface area contributed by atoms with Gasteiger partial charge in [0.2, 0.25) is 0 Å². The van der Waals surface area contributed by atoms with Crippen LogP contribution in [0, 0.1) is 10.1 Å². The topological polar surface area (TPSA) is 68.1 Å². The number of pyridine rings is 1. The molecule has 5 nitrogen and oxygen atoms in total. The molecule has 0 atom stereocenters. The molecule has 0 saturated carbocycles. The Bertz CT molecular complexity index is 590. The molecule has 19 heavy (non-hydrogen) atoms. The monoisotopic (exact) mass is 321 g/mol.